The zero-order valence-corrected chi connectivity index (χ0v) is 9.86. The van der Waals surface area contributed by atoms with Crippen molar-refractivity contribution < 1.29 is 8.78 Å². The zero-order chi connectivity index (χ0) is 9.90. The van der Waals surface area contributed by atoms with Crippen LogP contribution >= 0.6 is 31.9 Å². The molecule has 1 rings (SSSR count). The van der Waals surface area contributed by atoms with Gasteiger partial charge in [0, 0.05) is 11.2 Å². The molecule has 13 heavy (non-hydrogen) atoms. The van der Waals surface area contributed by atoms with Crippen molar-refractivity contribution in [3.8, 4) is 0 Å². The average Bonchev–Trinajstić information content (AvgIpc) is 2.03. The van der Waals surface area contributed by atoms with E-state index in [0.717, 1.165) is 5.56 Å². The number of halogens is 4. The maximum atomic E-state index is 12.5. The number of hydrogen-bond acceptors (Lipinski definition) is 0. The summed E-state index contributed by atoms with van der Waals surface area (Å²) in [4.78, 5) is -3.13. The predicted octanol–water partition coefficient (Wildman–Crippen LogP) is 4.50. The minimum absolute atomic E-state index is 0.253. The van der Waals surface area contributed by atoms with E-state index in [1.54, 1.807) is 0 Å². The van der Waals surface area contributed by atoms with Crippen LogP contribution < -0.4 is 0 Å². The van der Waals surface area contributed by atoms with Crippen LogP contribution in [0.1, 0.15) is 16.8 Å². The van der Waals surface area contributed by atoms with Crippen molar-refractivity contribution in [2.24, 2.45) is 0 Å². The summed E-state index contributed by atoms with van der Waals surface area (Å²) in [6.07, 6.45) is -0.253. The predicted molar refractivity (Wildman–Crippen MR) is 56.6 cm³/mol. The molecule has 1 aromatic carbocycles. The van der Waals surface area contributed by atoms with Gasteiger partial charge in [0.05, 0.1) is 0 Å². The molecule has 0 aliphatic rings. The molecule has 0 heterocycles. The van der Waals surface area contributed by atoms with Crippen molar-refractivity contribution in [1.82, 2.24) is 0 Å². The van der Waals surface area contributed by atoms with Crippen LogP contribution in [-0.4, -0.2) is 4.83 Å². The van der Waals surface area contributed by atoms with E-state index in [9.17, 15) is 8.78 Å². The van der Waals surface area contributed by atoms with Crippen LogP contribution in [0, 0.1) is 0 Å². The van der Waals surface area contributed by atoms with Crippen LogP contribution in [0.3, 0.4) is 0 Å². The molecule has 0 N–H and O–H groups in total. The van der Waals surface area contributed by atoms with E-state index in [0.29, 0.717) is 0 Å². The fourth-order valence-electron chi connectivity index (χ4n) is 0.983. The van der Waals surface area contributed by atoms with Crippen LogP contribution in [0.15, 0.2) is 30.3 Å². The van der Waals surface area contributed by atoms with Gasteiger partial charge < -0.3 is 0 Å². The number of benzene rings is 1. The smallest absolute Gasteiger partial charge is 0.194 e. The molecule has 0 amide bonds. The summed E-state index contributed by atoms with van der Waals surface area (Å²) >= 11 is 5.52. The van der Waals surface area contributed by atoms with Gasteiger partial charge >= 0.3 is 4.83 Å². The van der Waals surface area contributed by atoms with Crippen molar-refractivity contribution >= 4 is 31.9 Å². The van der Waals surface area contributed by atoms with Crippen LogP contribution in [0.25, 0.3) is 0 Å². The van der Waals surface area contributed by atoms with Gasteiger partial charge in [0.2, 0.25) is 0 Å². The Morgan fingerprint density at radius 1 is 1.23 bits per heavy atom. The number of alkyl halides is 4. The van der Waals surface area contributed by atoms with E-state index in [4.69, 9.17) is 0 Å². The number of rotatable bonds is 3. The summed E-state index contributed by atoms with van der Waals surface area (Å²) in [7, 11) is 0. The summed E-state index contributed by atoms with van der Waals surface area (Å²) in [6, 6.07) is 9.15. The van der Waals surface area contributed by atoms with Crippen LogP contribution in [-0.2, 0) is 0 Å². The summed E-state index contributed by atoms with van der Waals surface area (Å²) in [5.41, 5.74) is 0.863. The Morgan fingerprint density at radius 2 is 1.77 bits per heavy atom. The fourth-order valence-corrected chi connectivity index (χ4v) is 2.45. The lowest BCUT2D eigenvalue weighted by Crippen LogP contribution is -2.08. The van der Waals surface area contributed by atoms with Gasteiger partial charge in [-0.2, -0.15) is 8.78 Å². The standard InChI is InChI=1S/C9H8Br2F2/c10-8(6-9(11,12)13)7-4-2-1-3-5-7/h1-5,8H,6H2. The lowest BCUT2D eigenvalue weighted by Gasteiger charge is -2.13. The third kappa shape index (κ3) is 4.18. The van der Waals surface area contributed by atoms with Gasteiger partial charge in [0.15, 0.2) is 0 Å². The monoisotopic (exact) mass is 312 g/mol. The van der Waals surface area contributed by atoms with Crippen molar-refractivity contribution in [2.75, 3.05) is 0 Å². The first kappa shape index (κ1) is 11.1. The van der Waals surface area contributed by atoms with Crippen LogP contribution in [0.4, 0.5) is 8.78 Å². The second-order valence-corrected chi connectivity index (χ2v) is 4.96. The second kappa shape index (κ2) is 4.51. The maximum absolute atomic E-state index is 12.5. The van der Waals surface area contributed by atoms with E-state index >= 15 is 0 Å². The molecular formula is C9H8Br2F2. The molecule has 0 spiro atoms. The molecule has 0 radical (unpaired) electrons. The van der Waals surface area contributed by atoms with Crippen molar-refractivity contribution in [3.05, 3.63) is 35.9 Å². The Labute approximate surface area is 92.6 Å². The third-order valence-electron chi connectivity index (χ3n) is 1.57. The molecule has 72 valence electrons. The average molecular weight is 314 g/mol. The van der Waals surface area contributed by atoms with Gasteiger partial charge in [-0.15, -0.1) is 0 Å². The molecule has 0 nitrogen and oxygen atoms in total. The van der Waals surface area contributed by atoms with Crippen LogP contribution in [0.5, 0.6) is 0 Å². The molecule has 0 fully saturated rings. The Morgan fingerprint density at radius 3 is 2.23 bits per heavy atom. The molecule has 1 aromatic rings. The summed E-state index contributed by atoms with van der Waals surface area (Å²) in [5, 5.41) is 0. The Hall–Kier alpha value is 0.0400. The Bertz CT molecular complexity index is 256. The highest BCUT2D eigenvalue weighted by atomic mass is 79.9. The van der Waals surface area contributed by atoms with Crippen molar-refractivity contribution in [2.45, 2.75) is 16.1 Å². The summed E-state index contributed by atoms with van der Waals surface area (Å²) in [6.45, 7) is 0. The van der Waals surface area contributed by atoms with Gasteiger partial charge in [0.25, 0.3) is 0 Å². The normalized spacial score (nSPS) is 14.2. The van der Waals surface area contributed by atoms with Crippen LogP contribution in [0.2, 0.25) is 0 Å². The molecule has 1 unspecified atom stereocenters. The van der Waals surface area contributed by atoms with Crippen molar-refractivity contribution in [1.29, 1.82) is 0 Å². The van der Waals surface area contributed by atoms with Gasteiger partial charge in [0.1, 0.15) is 0 Å². The molecule has 0 saturated carbocycles. The van der Waals surface area contributed by atoms with E-state index in [1.807, 2.05) is 30.3 Å². The lowest BCUT2D eigenvalue weighted by atomic mass is 10.1. The third-order valence-corrected chi connectivity index (χ3v) is 2.75. The molecule has 4 heteroatoms. The van der Waals surface area contributed by atoms with E-state index in [1.165, 1.54) is 0 Å². The Kier molecular flexibility index (Phi) is 3.86. The van der Waals surface area contributed by atoms with Gasteiger partial charge in [-0.25, -0.2) is 0 Å². The Balaban J connectivity index is 2.64. The minimum atomic E-state index is -2.81. The second-order valence-electron chi connectivity index (χ2n) is 2.70. The zero-order valence-electron chi connectivity index (χ0n) is 6.68. The SMILES string of the molecule is FC(F)(Br)CC(Br)c1ccccc1. The van der Waals surface area contributed by atoms with Gasteiger partial charge in [-0.3, -0.25) is 0 Å². The first-order valence-corrected chi connectivity index (χ1v) is 5.45. The van der Waals surface area contributed by atoms with Gasteiger partial charge in [-0.1, -0.05) is 46.3 Å². The minimum Gasteiger partial charge on any atom is -0.194 e. The van der Waals surface area contributed by atoms with E-state index in [2.05, 4.69) is 31.9 Å². The molecule has 0 aliphatic heterocycles. The summed E-state index contributed by atoms with van der Waals surface area (Å²) in [5.74, 6) is 0. The first-order valence-electron chi connectivity index (χ1n) is 3.75. The molecule has 0 saturated heterocycles. The lowest BCUT2D eigenvalue weighted by molar-refractivity contribution is 0.104. The molecule has 0 aromatic heterocycles. The highest BCUT2D eigenvalue weighted by Crippen LogP contribution is 2.37. The quantitative estimate of drug-likeness (QED) is 0.721. The fraction of sp³-hybridized carbons (Fsp3) is 0.333. The molecular weight excluding hydrogens is 306 g/mol. The van der Waals surface area contributed by atoms with E-state index in [-0.39, 0.29) is 11.2 Å². The molecule has 0 aliphatic carbocycles. The topological polar surface area (TPSA) is 0 Å². The highest BCUT2D eigenvalue weighted by molar-refractivity contribution is 9.10. The van der Waals surface area contributed by atoms with Gasteiger partial charge in [-0.05, 0) is 21.5 Å². The molecule has 1 atom stereocenters. The van der Waals surface area contributed by atoms with Crippen molar-refractivity contribution in [3.63, 3.8) is 0 Å². The summed E-state index contributed by atoms with van der Waals surface area (Å²) < 4.78 is 25.1. The van der Waals surface area contributed by atoms with E-state index < -0.39 is 4.83 Å². The first-order chi connectivity index (χ1) is 5.99. The molecule has 0 bridgehead atoms. The maximum Gasteiger partial charge on any atom is 0.302 e. The largest absolute Gasteiger partial charge is 0.302 e. The highest BCUT2D eigenvalue weighted by Gasteiger charge is 2.28. The number of hydrogen-bond donors (Lipinski definition) is 0.